The molecule has 0 spiro atoms. The largest absolute Gasteiger partial charge is 0.480 e. The van der Waals surface area contributed by atoms with Gasteiger partial charge in [-0.15, -0.1) is 11.8 Å². The maximum Gasteiger partial charge on any atom is 0.327 e. The maximum atomic E-state index is 13.0. The molecule has 0 aromatic carbocycles. The van der Waals surface area contributed by atoms with Crippen molar-refractivity contribution < 1.29 is 14.7 Å². The average Bonchev–Trinajstić information content (AvgIpc) is 2.81. The Morgan fingerprint density at radius 1 is 1.48 bits per heavy atom. The fraction of sp³-hybridized carbons (Fsp3) is 0.867. The molecule has 1 aliphatic heterocycles. The van der Waals surface area contributed by atoms with Crippen molar-refractivity contribution in [1.29, 1.82) is 0 Å². The van der Waals surface area contributed by atoms with Crippen molar-refractivity contribution in [2.45, 2.75) is 69.3 Å². The van der Waals surface area contributed by atoms with Crippen LogP contribution in [0.2, 0.25) is 0 Å². The highest BCUT2D eigenvalue weighted by Crippen LogP contribution is 2.38. The number of carboxylic acids is 1. The minimum absolute atomic E-state index is 0.0405. The zero-order valence-corrected chi connectivity index (χ0v) is 13.7. The van der Waals surface area contributed by atoms with Gasteiger partial charge in [0, 0.05) is 5.75 Å². The number of carboxylic acid groups (broad SMARTS) is 1. The van der Waals surface area contributed by atoms with Gasteiger partial charge in [-0.2, -0.15) is 0 Å². The minimum Gasteiger partial charge on any atom is -0.480 e. The Morgan fingerprint density at radius 3 is 2.76 bits per heavy atom. The lowest BCUT2D eigenvalue weighted by atomic mass is 9.76. The molecule has 1 heterocycles. The molecule has 0 bridgehead atoms. The number of amides is 1. The Hall–Kier alpha value is -0.750. The van der Waals surface area contributed by atoms with Gasteiger partial charge < -0.3 is 15.7 Å². The molecular formula is C15H26N2O3S. The highest BCUT2D eigenvalue weighted by atomic mass is 32.2. The van der Waals surface area contributed by atoms with E-state index in [4.69, 9.17) is 5.73 Å². The molecule has 2 fully saturated rings. The van der Waals surface area contributed by atoms with E-state index < -0.39 is 17.6 Å². The molecular weight excluding hydrogens is 288 g/mol. The summed E-state index contributed by atoms with van der Waals surface area (Å²) < 4.78 is 0. The third-order valence-electron chi connectivity index (χ3n) is 4.61. The summed E-state index contributed by atoms with van der Waals surface area (Å²) in [6, 6.07) is -0.725. The molecule has 4 atom stereocenters. The van der Waals surface area contributed by atoms with Gasteiger partial charge in [0.1, 0.15) is 6.04 Å². The van der Waals surface area contributed by atoms with E-state index in [1.807, 2.05) is 0 Å². The molecule has 1 amide bonds. The summed E-state index contributed by atoms with van der Waals surface area (Å²) >= 11 is 1.57. The monoisotopic (exact) mass is 314 g/mol. The molecule has 1 saturated heterocycles. The zero-order valence-electron chi connectivity index (χ0n) is 12.9. The van der Waals surface area contributed by atoms with Crippen molar-refractivity contribution in [1.82, 2.24) is 4.90 Å². The van der Waals surface area contributed by atoms with Crippen LogP contribution in [-0.4, -0.2) is 44.6 Å². The molecule has 2 aliphatic rings. The highest BCUT2D eigenvalue weighted by Gasteiger charge is 2.48. The molecule has 120 valence electrons. The summed E-state index contributed by atoms with van der Waals surface area (Å²) in [4.78, 5) is 26.0. The van der Waals surface area contributed by atoms with Crippen LogP contribution in [0.3, 0.4) is 0 Å². The van der Waals surface area contributed by atoms with Gasteiger partial charge in [0.2, 0.25) is 5.91 Å². The number of hydrogen-bond donors (Lipinski definition) is 2. The van der Waals surface area contributed by atoms with Gasteiger partial charge >= 0.3 is 5.97 Å². The molecule has 5 nitrogen and oxygen atoms in total. The third-order valence-corrected chi connectivity index (χ3v) is 5.96. The molecule has 1 saturated carbocycles. The zero-order chi connectivity index (χ0) is 15.6. The first-order valence-corrected chi connectivity index (χ1v) is 8.90. The predicted octanol–water partition coefficient (Wildman–Crippen LogP) is 2.05. The lowest BCUT2D eigenvalue weighted by Gasteiger charge is -2.40. The van der Waals surface area contributed by atoms with Crippen LogP contribution in [0.4, 0.5) is 0 Å². The quantitative estimate of drug-likeness (QED) is 0.829. The van der Waals surface area contributed by atoms with E-state index in [-0.39, 0.29) is 11.3 Å². The SMILES string of the molecule is CCCC1SCC(C(=O)O)N1C(=O)C1(N)CCCC(C)C1. The topological polar surface area (TPSA) is 83.6 Å². The van der Waals surface area contributed by atoms with Gasteiger partial charge in [-0.3, -0.25) is 4.79 Å². The van der Waals surface area contributed by atoms with Gasteiger partial charge in [-0.25, -0.2) is 4.79 Å². The number of thioether (sulfide) groups is 1. The Kier molecular flexibility index (Phi) is 5.20. The Labute approximate surface area is 130 Å². The second-order valence-corrected chi connectivity index (χ2v) is 7.71. The molecule has 3 N–H and O–H groups in total. The van der Waals surface area contributed by atoms with E-state index >= 15 is 0 Å². The van der Waals surface area contributed by atoms with Gasteiger partial charge in [0.25, 0.3) is 0 Å². The van der Waals surface area contributed by atoms with Crippen molar-refractivity contribution in [2.24, 2.45) is 11.7 Å². The van der Waals surface area contributed by atoms with E-state index in [2.05, 4.69) is 13.8 Å². The summed E-state index contributed by atoms with van der Waals surface area (Å²) in [5.74, 6) is -0.167. The third kappa shape index (κ3) is 3.37. The summed E-state index contributed by atoms with van der Waals surface area (Å²) in [6.07, 6.45) is 5.14. The Morgan fingerprint density at radius 2 is 2.19 bits per heavy atom. The highest BCUT2D eigenvalue weighted by molar-refractivity contribution is 8.00. The molecule has 2 rings (SSSR count). The van der Waals surface area contributed by atoms with Crippen LogP contribution in [0.5, 0.6) is 0 Å². The van der Waals surface area contributed by atoms with Crippen molar-refractivity contribution >= 4 is 23.6 Å². The summed E-state index contributed by atoms with van der Waals surface area (Å²) in [7, 11) is 0. The van der Waals surface area contributed by atoms with Crippen LogP contribution < -0.4 is 5.73 Å². The second-order valence-electron chi connectivity index (χ2n) is 6.50. The summed E-state index contributed by atoms with van der Waals surface area (Å²) in [6.45, 7) is 4.17. The van der Waals surface area contributed by atoms with E-state index in [9.17, 15) is 14.7 Å². The fourth-order valence-corrected chi connectivity index (χ4v) is 5.05. The van der Waals surface area contributed by atoms with Crippen LogP contribution in [0.15, 0.2) is 0 Å². The number of carbonyl (C=O) groups is 2. The number of carbonyl (C=O) groups excluding carboxylic acids is 1. The first-order chi connectivity index (χ1) is 9.89. The van der Waals surface area contributed by atoms with Crippen LogP contribution >= 0.6 is 11.8 Å². The lowest BCUT2D eigenvalue weighted by Crippen LogP contribution is -2.61. The van der Waals surface area contributed by atoms with E-state index in [0.29, 0.717) is 24.5 Å². The number of nitrogens with two attached hydrogens (primary N) is 1. The maximum absolute atomic E-state index is 13.0. The molecule has 0 radical (unpaired) electrons. The standard InChI is InChI=1S/C15H26N2O3S/c1-3-5-12-17(11(9-21-12)13(18)19)14(20)15(16)7-4-6-10(2)8-15/h10-12H,3-9,16H2,1-2H3,(H,18,19). The van der Waals surface area contributed by atoms with E-state index in [1.165, 1.54) is 0 Å². The van der Waals surface area contributed by atoms with Crippen molar-refractivity contribution in [3.05, 3.63) is 0 Å². The first-order valence-electron chi connectivity index (χ1n) is 7.85. The van der Waals surface area contributed by atoms with Gasteiger partial charge in [0.05, 0.1) is 10.9 Å². The lowest BCUT2D eigenvalue weighted by molar-refractivity contribution is -0.152. The van der Waals surface area contributed by atoms with Gasteiger partial charge in [-0.1, -0.05) is 33.1 Å². The number of aliphatic carboxylic acids is 1. The van der Waals surface area contributed by atoms with Gasteiger partial charge in [-0.05, 0) is 25.2 Å². The summed E-state index contributed by atoms with van der Waals surface area (Å²) in [5.41, 5.74) is 5.53. The molecule has 1 aliphatic carbocycles. The average molecular weight is 314 g/mol. The van der Waals surface area contributed by atoms with E-state index in [1.54, 1.807) is 16.7 Å². The second kappa shape index (κ2) is 6.57. The van der Waals surface area contributed by atoms with Crippen LogP contribution in [0.1, 0.15) is 52.4 Å². The first kappa shape index (κ1) is 16.6. The minimum atomic E-state index is -0.915. The van der Waals surface area contributed by atoms with E-state index in [0.717, 1.165) is 25.7 Å². The van der Waals surface area contributed by atoms with Crippen molar-refractivity contribution in [2.75, 3.05) is 5.75 Å². The predicted molar refractivity (Wildman–Crippen MR) is 84.0 cm³/mol. The number of hydrogen-bond acceptors (Lipinski definition) is 4. The summed E-state index contributed by atoms with van der Waals surface area (Å²) in [5, 5.41) is 9.36. The Balaban J connectivity index is 2.21. The van der Waals surface area contributed by atoms with Gasteiger partial charge in [0.15, 0.2) is 0 Å². The van der Waals surface area contributed by atoms with Crippen LogP contribution in [0, 0.1) is 5.92 Å². The smallest absolute Gasteiger partial charge is 0.327 e. The fourth-order valence-electron chi connectivity index (χ4n) is 3.54. The molecule has 21 heavy (non-hydrogen) atoms. The van der Waals surface area contributed by atoms with Crippen molar-refractivity contribution in [3.63, 3.8) is 0 Å². The van der Waals surface area contributed by atoms with Crippen LogP contribution in [-0.2, 0) is 9.59 Å². The molecule has 4 unspecified atom stereocenters. The normalized spacial score (nSPS) is 36.7. The Bertz CT molecular complexity index is 418. The number of rotatable bonds is 4. The van der Waals surface area contributed by atoms with Crippen LogP contribution in [0.25, 0.3) is 0 Å². The number of nitrogens with zero attached hydrogens (tertiary/aromatic N) is 1. The van der Waals surface area contributed by atoms with Crippen molar-refractivity contribution in [3.8, 4) is 0 Å². The molecule has 0 aromatic rings. The molecule has 0 aromatic heterocycles. The molecule has 6 heteroatoms.